The summed E-state index contributed by atoms with van der Waals surface area (Å²) in [5.41, 5.74) is 4.68. The Kier molecular flexibility index (Phi) is 5.40. The van der Waals surface area contributed by atoms with Crippen LogP contribution in [0.25, 0.3) is 11.1 Å². The highest BCUT2D eigenvalue weighted by atomic mass is 15.2. The minimum Gasteiger partial charge on any atom is -0.380 e. The van der Waals surface area contributed by atoms with Gasteiger partial charge in [0.05, 0.1) is 23.5 Å². The first-order valence-electron chi connectivity index (χ1n) is 9.70. The normalized spacial score (nSPS) is 16.2. The lowest BCUT2D eigenvalue weighted by Gasteiger charge is -2.32. The molecule has 1 aliphatic heterocycles. The van der Waals surface area contributed by atoms with Crippen LogP contribution in [-0.2, 0) is 13.5 Å². The number of fused-ring (bicyclic) bond motifs is 1. The zero-order valence-corrected chi connectivity index (χ0v) is 16.6. The lowest BCUT2D eigenvalue weighted by Crippen LogP contribution is -2.48. The third-order valence-corrected chi connectivity index (χ3v) is 5.17. The van der Waals surface area contributed by atoms with E-state index in [-0.39, 0.29) is 12.1 Å². The number of anilines is 2. The maximum absolute atomic E-state index is 8.84. The Morgan fingerprint density at radius 1 is 1.28 bits per heavy atom. The predicted octanol–water partition coefficient (Wildman–Crippen LogP) is 2.18. The van der Waals surface area contributed by atoms with Crippen molar-refractivity contribution >= 4 is 11.5 Å². The van der Waals surface area contributed by atoms with E-state index in [1.165, 1.54) is 0 Å². The summed E-state index contributed by atoms with van der Waals surface area (Å²) in [4.78, 5) is 8.92. The van der Waals surface area contributed by atoms with Crippen molar-refractivity contribution in [3.05, 3.63) is 54.2 Å². The number of pyridine rings is 2. The third kappa shape index (κ3) is 4.36. The maximum atomic E-state index is 8.84. The van der Waals surface area contributed by atoms with E-state index in [0.29, 0.717) is 5.56 Å². The monoisotopic (exact) mass is 388 g/mol. The van der Waals surface area contributed by atoms with Crippen LogP contribution in [0.3, 0.4) is 0 Å². The minimum atomic E-state index is 0.230. The first-order valence-corrected chi connectivity index (χ1v) is 9.70. The van der Waals surface area contributed by atoms with Gasteiger partial charge in [0.2, 0.25) is 0 Å². The van der Waals surface area contributed by atoms with Gasteiger partial charge >= 0.3 is 0 Å². The summed E-state index contributed by atoms with van der Waals surface area (Å²) in [5.74, 6) is 0.872. The summed E-state index contributed by atoms with van der Waals surface area (Å²) in [6, 6.07) is 8.40. The van der Waals surface area contributed by atoms with E-state index in [4.69, 9.17) is 5.26 Å². The summed E-state index contributed by atoms with van der Waals surface area (Å²) >= 11 is 0. The highest BCUT2D eigenvalue weighted by molar-refractivity contribution is 5.75. The molecule has 2 atom stereocenters. The van der Waals surface area contributed by atoms with Gasteiger partial charge in [0.15, 0.2) is 0 Å². The number of nitrogens with one attached hydrogen (secondary N) is 3. The molecule has 0 fully saturated rings. The molecular formula is C21H24N8. The molecule has 8 nitrogen and oxygen atoms in total. The number of rotatable bonds is 6. The quantitative estimate of drug-likeness (QED) is 0.595. The van der Waals surface area contributed by atoms with Crippen molar-refractivity contribution in [1.82, 2.24) is 25.1 Å². The molecular weight excluding hydrogens is 364 g/mol. The second-order valence-corrected chi connectivity index (χ2v) is 7.30. The number of hydrogen-bond acceptors (Lipinski definition) is 7. The average Bonchev–Trinajstić information content (AvgIpc) is 3.19. The smallest absolute Gasteiger partial charge is 0.149 e. The van der Waals surface area contributed by atoms with Crippen molar-refractivity contribution in [3.63, 3.8) is 0 Å². The molecule has 0 radical (unpaired) electrons. The molecule has 29 heavy (non-hydrogen) atoms. The fourth-order valence-electron chi connectivity index (χ4n) is 3.40. The molecule has 0 unspecified atom stereocenters. The van der Waals surface area contributed by atoms with Gasteiger partial charge in [-0.2, -0.15) is 10.4 Å². The van der Waals surface area contributed by atoms with Gasteiger partial charge in [0.1, 0.15) is 11.9 Å². The van der Waals surface area contributed by atoms with Crippen molar-refractivity contribution in [3.8, 4) is 17.2 Å². The van der Waals surface area contributed by atoms with Crippen molar-refractivity contribution in [2.45, 2.75) is 25.4 Å². The van der Waals surface area contributed by atoms with Crippen LogP contribution >= 0.6 is 0 Å². The van der Waals surface area contributed by atoms with Crippen LogP contribution < -0.4 is 16.0 Å². The largest absolute Gasteiger partial charge is 0.380 e. The van der Waals surface area contributed by atoms with E-state index in [1.54, 1.807) is 16.9 Å². The number of nitriles is 1. The Balaban J connectivity index is 1.32. The van der Waals surface area contributed by atoms with E-state index in [9.17, 15) is 0 Å². The number of hydrogen-bond donors (Lipinski definition) is 3. The minimum absolute atomic E-state index is 0.230. The lowest BCUT2D eigenvalue weighted by molar-refractivity contribution is 0.485. The molecule has 0 bridgehead atoms. The van der Waals surface area contributed by atoms with Crippen molar-refractivity contribution in [1.29, 1.82) is 5.26 Å². The molecule has 8 heteroatoms. The van der Waals surface area contributed by atoms with Gasteiger partial charge in [-0.3, -0.25) is 9.67 Å². The second-order valence-electron chi connectivity index (χ2n) is 7.30. The fourth-order valence-corrected chi connectivity index (χ4v) is 3.40. The molecule has 3 aromatic heterocycles. The Hall–Kier alpha value is -3.44. The first-order chi connectivity index (χ1) is 14.1. The van der Waals surface area contributed by atoms with Gasteiger partial charge in [-0.1, -0.05) is 0 Å². The SMILES string of the molecule is C[C@@H](NCCc1ccc(C#N)cn1)[C@H]1CNc2cc(-c3cnn(C)c3)cnc2N1. The van der Waals surface area contributed by atoms with E-state index < -0.39 is 0 Å². The summed E-state index contributed by atoms with van der Waals surface area (Å²) < 4.78 is 1.79. The summed E-state index contributed by atoms with van der Waals surface area (Å²) in [7, 11) is 1.91. The van der Waals surface area contributed by atoms with Crippen LogP contribution in [0.4, 0.5) is 11.5 Å². The Morgan fingerprint density at radius 2 is 2.17 bits per heavy atom. The van der Waals surface area contributed by atoms with Crippen molar-refractivity contribution < 1.29 is 0 Å². The van der Waals surface area contributed by atoms with Crippen LogP contribution in [0, 0.1) is 11.3 Å². The molecule has 0 aliphatic carbocycles. The van der Waals surface area contributed by atoms with Crippen LogP contribution in [0.1, 0.15) is 18.2 Å². The second kappa shape index (κ2) is 8.29. The molecule has 148 valence electrons. The van der Waals surface area contributed by atoms with Crippen LogP contribution in [0.2, 0.25) is 0 Å². The molecule has 0 amide bonds. The fraction of sp³-hybridized carbons (Fsp3) is 0.333. The van der Waals surface area contributed by atoms with Gasteiger partial charge in [0, 0.05) is 68.0 Å². The molecule has 3 N–H and O–H groups in total. The zero-order valence-electron chi connectivity index (χ0n) is 16.6. The molecule has 0 saturated carbocycles. The average molecular weight is 388 g/mol. The van der Waals surface area contributed by atoms with Gasteiger partial charge in [-0.25, -0.2) is 4.98 Å². The van der Waals surface area contributed by atoms with Crippen LogP contribution in [-0.4, -0.2) is 44.9 Å². The standard InChI is InChI=1S/C21H24N8/c1-14(23-6-5-18-4-3-15(8-22)9-24-18)20-12-25-19-7-16(10-26-21(19)28-20)17-11-27-29(2)13-17/h3-4,7,9-11,13-14,20,23,25H,5-6,12H2,1-2H3,(H,26,28)/t14-,20-/m1/s1. The molecule has 4 rings (SSSR count). The van der Waals surface area contributed by atoms with E-state index in [0.717, 1.165) is 47.8 Å². The molecule has 0 spiro atoms. The number of nitrogens with zero attached hydrogens (tertiary/aromatic N) is 5. The summed E-state index contributed by atoms with van der Waals surface area (Å²) in [6.45, 7) is 3.80. The maximum Gasteiger partial charge on any atom is 0.149 e. The van der Waals surface area contributed by atoms with Crippen LogP contribution in [0.15, 0.2) is 43.0 Å². The topological polar surface area (TPSA) is 103 Å². The van der Waals surface area contributed by atoms with Gasteiger partial charge in [-0.05, 0) is 25.1 Å². The molecule has 0 aromatic carbocycles. The van der Waals surface area contributed by atoms with Crippen molar-refractivity contribution in [2.75, 3.05) is 23.7 Å². The summed E-state index contributed by atoms with van der Waals surface area (Å²) in [5, 5.41) is 23.7. The van der Waals surface area contributed by atoms with Crippen LogP contribution in [0.5, 0.6) is 0 Å². The molecule has 4 heterocycles. The van der Waals surface area contributed by atoms with Gasteiger partial charge in [-0.15, -0.1) is 0 Å². The lowest BCUT2D eigenvalue weighted by atomic mass is 10.1. The molecule has 1 aliphatic rings. The summed E-state index contributed by atoms with van der Waals surface area (Å²) in [6.07, 6.45) is 8.14. The third-order valence-electron chi connectivity index (χ3n) is 5.17. The molecule has 0 saturated heterocycles. The van der Waals surface area contributed by atoms with E-state index in [2.05, 4.69) is 50.1 Å². The zero-order chi connectivity index (χ0) is 20.2. The number of aromatic nitrogens is 4. The number of aryl methyl sites for hydroxylation is 1. The predicted molar refractivity (Wildman–Crippen MR) is 112 cm³/mol. The van der Waals surface area contributed by atoms with E-state index in [1.807, 2.05) is 31.7 Å². The first kappa shape index (κ1) is 18.9. The Morgan fingerprint density at radius 3 is 2.90 bits per heavy atom. The molecule has 3 aromatic rings. The van der Waals surface area contributed by atoms with E-state index >= 15 is 0 Å². The Labute approximate surface area is 170 Å². The highest BCUT2D eigenvalue weighted by Crippen LogP contribution is 2.29. The van der Waals surface area contributed by atoms with Gasteiger partial charge in [0.25, 0.3) is 0 Å². The van der Waals surface area contributed by atoms with Gasteiger partial charge < -0.3 is 16.0 Å². The van der Waals surface area contributed by atoms with Crippen molar-refractivity contribution in [2.24, 2.45) is 7.05 Å². The highest BCUT2D eigenvalue weighted by Gasteiger charge is 2.23. The Bertz CT molecular complexity index is 1020.